The van der Waals surface area contributed by atoms with Gasteiger partial charge in [0.1, 0.15) is 17.5 Å². The second kappa shape index (κ2) is 9.24. The normalized spacial score (nSPS) is 19.6. The summed E-state index contributed by atoms with van der Waals surface area (Å²) < 4.78 is 30.5. The third-order valence-corrected chi connectivity index (χ3v) is 6.17. The molecule has 0 spiro atoms. The molecule has 3 aromatic rings. The van der Waals surface area contributed by atoms with Crippen LogP contribution in [0, 0.1) is 17.6 Å². The fraction of sp³-hybridized carbons (Fsp3) is 0.308. The number of nitrogens with zero attached hydrogens (tertiary/aromatic N) is 3. The standard InChI is InChI=1S/C26H29F2N7/c1-16(2)14-35-15-19(12-32-35)22-13-31-26(29,23-10-20(27)4-6-24(23)28)34-25(22)33-21-5-3-17-7-8-30-11-18(17)9-21/h3-6,9-10,12-13,15-16,30-31H,7-8,11,14,29H2,1-2H3,(H,33,34). The number of hydrogen-bond acceptors (Lipinski definition) is 6. The number of anilines is 1. The van der Waals surface area contributed by atoms with E-state index >= 15 is 0 Å². The first-order valence-electron chi connectivity index (χ1n) is 11.8. The number of nitrogens with two attached hydrogens (primary N) is 1. The quantitative estimate of drug-likeness (QED) is 0.450. The van der Waals surface area contributed by atoms with Crippen molar-refractivity contribution < 1.29 is 8.78 Å². The van der Waals surface area contributed by atoms with Crippen LogP contribution in [-0.2, 0) is 25.3 Å². The van der Waals surface area contributed by atoms with Gasteiger partial charge in [-0.3, -0.25) is 10.4 Å². The monoisotopic (exact) mass is 477 g/mol. The van der Waals surface area contributed by atoms with Crippen LogP contribution in [0.25, 0.3) is 5.57 Å². The Labute approximate surface area is 203 Å². The largest absolute Gasteiger partial charge is 0.351 e. The Bertz CT molecular complexity index is 1310. The van der Waals surface area contributed by atoms with Gasteiger partial charge in [0.2, 0.25) is 5.79 Å². The second-order valence-corrected chi connectivity index (χ2v) is 9.43. The van der Waals surface area contributed by atoms with Crippen molar-refractivity contribution in [2.45, 2.75) is 39.1 Å². The Morgan fingerprint density at radius 2 is 2.03 bits per heavy atom. The summed E-state index contributed by atoms with van der Waals surface area (Å²) in [7, 11) is 0. The number of benzene rings is 2. The molecule has 2 aliphatic rings. The van der Waals surface area contributed by atoms with Crippen molar-refractivity contribution in [1.29, 1.82) is 0 Å². The molecule has 5 rings (SSSR count). The third kappa shape index (κ3) is 4.82. The first-order chi connectivity index (χ1) is 16.8. The van der Waals surface area contributed by atoms with E-state index in [0.29, 0.717) is 17.3 Å². The van der Waals surface area contributed by atoms with Gasteiger partial charge in [-0.15, -0.1) is 0 Å². The highest BCUT2D eigenvalue weighted by Crippen LogP contribution is 2.30. The van der Waals surface area contributed by atoms with Gasteiger partial charge >= 0.3 is 0 Å². The van der Waals surface area contributed by atoms with Crippen molar-refractivity contribution in [2.24, 2.45) is 16.6 Å². The molecular weight excluding hydrogens is 448 g/mol. The summed E-state index contributed by atoms with van der Waals surface area (Å²) in [5.74, 6) is -2.07. The van der Waals surface area contributed by atoms with Gasteiger partial charge in [-0.1, -0.05) is 19.9 Å². The van der Waals surface area contributed by atoms with E-state index in [0.717, 1.165) is 55.5 Å². The van der Waals surface area contributed by atoms with Crippen LogP contribution in [0.15, 0.2) is 60.0 Å². The van der Waals surface area contributed by atoms with E-state index in [2.05, 4.69) is 52.0 Å². The molecule has 0 saturated carbocycles. The fourth-order valence-electron chi connectivity index (χ4n) is 4.43. The van der Waals surface area contributed by atoms with Crippen molar-refractivity contribution in [3.8, 4) is 0 Å². The maximum Gasteiger partial charge on any atom is 0.214 e. The maximum atomic E-state index is 14.7. The molecule has 0 bridgehead atoms. The summed E-state index contributed by atoms with van der Waals surface area (Å²) in [5, 5.41) is 14.2. The van der Waals surface area contributed by atoms with Gasteiger partial charge in [0.05, 0.1) is 11.8 Å². The van der Waals surface area contributed by atoms with Crippen molar-refractivity contribution in [3.63, 3.8) is 0 Å². The minimum absolute atomic E-state index is 0.0859. The zero-order chi connectivity index (χ0) is 24.6. The summed E-state index contributed by atoms with van der Waals surface area (Å²) >= 11 is 0. The Hall–Kier alpha value is -3.56. The molecule has 2 aliphatic heterocycles. The molecule has 1 atom stereocenters. The average Bonchev–Trinajstić information content (AvgIpc) is 3.28. The predicted molar refractivity (Wildman–Crippen MR) is 133 cm³/mol. The molecule has 0 saturated heterocycles. The predicted octanol–water partition coefficient (Wildman–Crippen LogP) is 3.69. The highest BCUT2D eigenvalue weighted by molar-refractivity contribution is 6.28. The number of aromatic nitrogens is 2. The lowest BCUT2D eigenvalue weighted by molar-refractivity contribution is 0.387. The van der Waals surface area contributed by atoms with Crippen LogP contribution in [0.5, 0.6) is 0 Å². The molecule has 2 aromatic carbocycles. The van der Waals surface area contributed by atoms with Gasteiger partial charge in [-0.2, -0.15) is 5.10 Å². The average molecular weight is 478 g/mol. The van der Waals surface area contributed by atoms with Crippen molar-refractivity contribution in [1.82, 2.24) is 20.4 Å². The smallest absolute Gasteiger partial charge is 0.214 e. The zero-order valence-electron chi connectivity index (χ0n) is 19.8. The molecule has 182 valence electrons. The number of rotatable bonds is 5. The molecule has 9 heteroatoms. The third-order valence-electron chi connectivity index (χ3n) is 6.17. The van der Waals surface area contributed by atoms with E-state index in [4.69, 9.17) is 5.73 Å². The topological polar surface area (TPSA) is 92.3 Å². The minimum Gasteiger partial charge on any atom is -0.351 e. The second-order valence-electron chi connectivity index (χ2n) is 9.43. The molecule has 0 fully saturated rings. The van der Waals surface area contributed by atoms with Crippen LogP contribution in [0.2, 0.25) is 0 Å². The molecule has 0 aliphatic carbocycles. The number of amidine groups is 1. The van der Waals surface area contributed by atoms with Crippen LogP contribution in [0.1, 0.15) is 36.1 Å². The van der Waals surface area contributed by atoms with E-state index < -0.39 is 17.4 Å². The zero-order valence-corrected chi connectivity index (χ0v) is 19.8. The Morgan fingerprint density at radius 1 is 1.17 bits per heavy atom. The number of nitrogens with one attached hydrogen (secondary N) is 3. The minimum atomic E-state index is -1.69. The summed E-state index contributed by atoms with van der Waals surface area (Å²) in [6.07, 6.45) is 6.35. The number of halogens is 2. The first-order valence-corrected chi connectivity index (χ1v) is 11.8. The van der Waals surface area contributed by atoms with E-state index in [-0.39, 0.29) is 5.56 Å². The molecule has 0 radical (unpaired) electrons. The van der Waals surface area contributed by atoms with Gasteiger partial charge in [-0.05, 0) is 60.3 Å². The van der Waals surface area contributed by atoms with Gasteiger partial charge in [0, 0.05) is 42.3 Å². The summed E-state index contributed by atoms with van der Waals surface area (Å²) in [6.45, 7) is 6.77. The molecular formula is C26H29F2N7. The van der Waals surface area contributed by atoms with Crippen molar-refractivity contribution in [2.75, 3.05) is 11.9 Å². The van der Waals surface area contributed by atoms with Gasteiger partial charge in [-0.25, -0.2) is 13.8 Å². The van der Waals surface area contributed by atoms with E-state index in [9.17, 15) is 8.78 Å². The summed E-state index contributed by atoms with van der Waals surface area (Å²) in [5.41, 5.74) is 11.3. The summed E-state index contributed by atoms with van der Waals surface area (Å²) in [6, 6.07) is 9.34. The number of fused-ring (bicyclic) bond motifs is 1. The van der Waals surface area contributed by atoms with Crippen LogP contribution >= 0.6 is 0 Å². The molecule has 0 amide bonds. The van der Waals surface area contributed by atoms with Crippen LogP contribution in [0.4, 0.5) is 14.5 Å². The molecule has 3 heterocycles. The molecule has 5 N–H and O–H groups in total. The number of hydrogen-bond donors (Lipinski definition) is 4. The van der Waals surface area contributed by atoms with Gasteiger partial charge in [0.15, 0.2) is 0 Å². The SMILES string of the molecule is CC(C)Cn1cc(C2=CNC(N)(c3cc(F)ccc3F)N=C2Nc2ccc3c(c2)CNCC3)cn1. The van der Waals surface area contributed by atoms with Crippen LogP contribution < -0.4 is 21.7 Å². The van der Waals surface area contributed by atoms with E-state index in [1.54, 1.807) is 12.4 Å². The van der Waals surface area contributed by atoms with Crippen molar-refractivity contribution in [3.05, 3.63) is 88.9 Å². The molecule has 1 unspecified atom stereocenters. The van der Waals surface area contributed by atoms with Gasteiger partial charge in [0.25, 0.3) is 0 Å². The Morgan fingerprint density at radius 3 is 2.86 bits per heavy atom. The summed E-state index contributed by atoms with van der Waals surface area (Å²) in [4.78, 5) is 4.67. The van der Waals surface area contributed by atoms with Gasteiger partial charge < -0.3 is 16.0 Å². The molecule has 7 nitrogen and oxygen atoms in total. The molecule has 35 heavy (non-hydrogen) atoms. The van der Waals surface area contributed by atoms with Crippen LogP contribution in [0.3, 0.4) is 0 Å². The van der Waals surface area contributed by atoms with E-state index in [1.165, 1.54) is 11.1 Å². The van der Waals surface area contributed by atoms with Crippen molar-refractivity contribution >= 4 is 17.1 Å². The van der Waals surface area contributed by atoms with E-state index in [1.807, 2.05) is 16.9 Å². The fourth-order valence-corrected chi connectivity index (χ4v) is 4.43. The number of aliphatic imine (C=N–C) groups is 1. The molecule has 1 aromatic heterocycles. The van der Waals surface area contributed by atoms with Crippen LogP contribution in [-0.4, -0.2) is 22.2 Å². The highest BCUT2D eigenvalue weighted by atomic mass is 19.1. The Balaban J connectivity index is 1.54. The maximum absolute atomic E-state index is 14.7. The lowest BCUT2D eigenvalue weighted by Gasteiger charge is -2.32. The lowest BCUT2D eigenvalue weighted by atomic mass is 10.00. The Kier molecular flexibility index (Phi) is 6.12. The highest BCUT2D eigenvalue weighted by Gasteiger charge is 2.34. The lowest BCUT2D eigenvalue weighted by Crippen LogP contribution is -2.50. The first kappa shape index (κ1) is 23.2.